The van der Waals surface area contributed by atoms with Crippen LogP contribution < -0.4 is 16.0 Å². The van der Waals surface area contributed by atoms with Crippen LogP contribution in [0.2, 0.25) is 0 Å². The minimum Gasteiger partial charge on any atom is -0.444 e. The molecule has 0 fully saturated rings. The third-order valence-electron chi connectivity index (χ3n) is 4.66. The Morgan fingerprint density at radius 1 is 0.970 bits per heavy atom. The van der Waals surface area contributed by atoms with E-state index in [1.165, 1.54) is 12.8 Å². The first-order valence-corrected chi connectivity index (χ1v) is 11.3. The molecule has 0 saturated heterocycles. The molecule has 2 rings (SSSR count). The first-order valence-electron chi connectivity index (χ1n) is 11.3. The third-order valence-corrected chi connectivity index (χ3v) is 4.66. The molecule has 0 atom stereocenters. The highest BCUT2D eigenvalue weighted by atomic mass is 16.6. The molecule has 2 aromatic rings. The summed E-state index contributed by atoms with van der Waals surface area (Å²) in [6.45, 7) is 8.16. The van der Waals surface area contributed by atoms with Gasteiger partial charge in [-0.2, -0.15) is 0 Å². The Hall–Kier alpha value is -2.97. The van der Waals surface area contributed by atoms with E-state index in [2.05, 4.69) is 39.9 Å². The van der Waals surface area contributed by atoms with E-state index < -0.39 is 11.7 Å². The number of carbonyl (C=O) groups excluding carboxylic acids is 2. The molecular weight excluding hydrogens is 418 g/mol. The second-order valence-electron chi connectivity index (χ2n) is 9.22. The Morgan fingerprint density at radius 3 is 2.27 bits per heavy atom. The molecule has 0 radical (unpaired) electrons. The van der Waals surface area contributed by atoms with Crippen LogP contribution in [0.1, 0.15) is 56.1 Å². The highest BCUT2D eigenvalue weighted by Gasteiger charge is 2.18. The van der Waals surface area contributed by atoms with E-state index in [0.29, 0.717) is 23.6 Å². The maximum absolute atomic E-state index is 12.7. The Morgan fingerprint density at radius 2 is 1.67 bits per heavy atom. The van der Waals surface area contributed by atoms with Gasteiger partial charge in [-0.25, -0.2) is 4.79 Å². The fourth-order valence-electron chi connectivity index (χ4n) is 3.05. The lowest BCUT2D eigenvalue weighted by Crippen LogP contribution is -2.27. The van der Waals surface area contributed by atoms with Crippen molar-refractivity contribution in [2.24, 2.45) is 0 Å². The maximum Gasteiger partial charge on any atom is 0.412 e. The van der Waals surface area contributed by atoms with Gasteiger partial charge in [0.05, 0.1) is 11.4 Å². The van der Waals surface area contributed by atoms with Crippen molar-refractivity contribution in [2.75, 3.05) is 37.8 Å². The van der Waals surface area contributed by atoms with Crippen molar-refractivity contribution in [1.29, 1.82) is 0 Å². The Labute approximate surface area is 197 Å². The Balaban J connectivity index is 1.84. The lowest BCUT2D eigenvalue weighted by molar-refractivity contribution is 0.0635. The number of para-hydroxylation sites is 2. The molecule has 0 spiro atoms. The maximum atomic E-state index is 12.7. The topological polar surface area (TPSA) is 95.6 Å². The summed E-state index contributed by atoms with van der Waals surface area (Å²) in [4.78, 5) is 31.3. The molecule has 33 heavy (non-hydrogen) atoms. The Bertz CT molecular complexity index is 892. The van der Waals surface area contributed by atoms with Crippen LogP contribution in [0.5, 0.6) is 0 Å². The minimum atomic E-state index is -0.616. The van der Waals surface area contributed by atoms with Crippen molar-refractivity contribution in [2.45, 2.75) is 52.2 Å². The number of rotatable bonds is 11. The molecule has 1 aromatic carbocycles. The molecule has 8 nitrogen and oxygen atoms in total. The zero-order valence-corrected chi connectivity index (χ0v) is 20.4. The smallest absolute Gasteiger partial charge is 0.412 e. The van der Waals surface area contributed by atoms with E-state index in [-0.39, 0.29) is 5.91 Å². The number of nitrogens with one attached hydrogen (secondary N) is 3. The van der Waals surface area contributed by atoms with Gasteiger partial charge in [-0.15, -0.1) is 0 Å². The summed E-state index contributed by atoms with van der Waals surface area (Å²) in [5, 5.41) is 8.89. The average molecular weight is 456 g/mol. The normalized spacial score (nSPS) is 11.3. The van der Waals surface area contributed by atoms with Crippen LogP contribution in [-0.4, -0.2) is 54.7 Å². The summed E-state index contributed by atoms with van der Waals surface area (Å²) in [5.41, 5.74) is 1.62. The van der Waals surface area contributed by atoms with Crippen LogP contribution in [0, 0.1) is 0 Å². The highest BCUT2D eigenvalue weighted by molar-refractivity contribution is 6.05. The van der Waals surface area contributed by atoms with E-state index >= 15 is 0 Å². The summed E-state index contributed by atoms with van der Waals surface area (Å²) < 4.78 is 5.29. The van der Waals surface area contributed by atoms with E-state index in [4.69, 9.17) is 4.74 Å². The lowest BCUT2D eigenvalue weighted by atomic mass is 10.2. The van der Waals surface area contributed by atoms with Gasteiger partial charge < -0.3 is 20.3 Å². The monoisotopic (exact) mass is 455 g/mol. The summed E-state index contributed by atoms with van der Waals surface area (Å²) in [6, 6.07) is 10.5. The number of pyridine rings is 1. The van der Waals surface area contributed by atoms with Gasteiger partial charge in [0.2, 0.25) is 0 Å². The van der Waals surface area contributed by atoms with Crippen LogP contribution in [0.4, 0.5) is 16.2 Å². The molecule has 0 aliphatic rings. The first-order chi connectivity index (χ1) is 15.6. The van der Waals surface area contributed by atoms with E-state index in [1.807, 2.05) is 6.07 Å². The van der Waals surface area contributed by atoms with Crippen molar-refractivity contribution >= 4 is 23.4 Å². The number of carbonyl (C=O) groups is 2. The van der Waals surface area contributed by atoms with Gasteiger partial charge in [0.1, 0.15) is 11.3 Å². The van der Waals surface area contributed by atoms with Crippen LogP contribution in [0.25, 0.3) is 0 Å². The van der Waals surface area contributed by atoms with Gasteiger partial charge in [-0.1, -0.05) is 24.6 Å². The first kappa shape index (κ1) is 26.3. The molecule has 1 aromatic heterocycles. The molecule has 2 amide bonds. The molecular formula is C25H37N5O3. The number of benzene rings is 1. The molecule has 0 bridgehead atoms. The van der Waals surface area contributed by atoms with Crippen LogP contribution in [0.3, 0.4) is 0 Å². The summed E-state index contributed by atoms with van der Waals surface area (Å²) in [7, 11) is 4.18. The quantitative estimate of drug-likeness (QED) is 0.432. The molecule has 8 heteroatoms. The molecule has 0 aliphatic heterocycles. The zero-order valence-electron chi connectivity index (χ0n) is 20.4. The fourth-order valence-corrected chi connectivity index (χ4v) is 3.05. The molecule has 0 unspecified atom stereocenters. The number of ether oxygens (including phenoxy) is 1. The Kier molecular flexibility index (Phi) is 10.3. The second-order valence-corrected chi connectivity index (χ2v) is 9.22. The number of unbranched alkanes of at least 4 members (excludes halogenated alkanes) is 2. The number of aromatic nitrogens is 1. The minimum absolute atomic E-state index is 0.300. The van der Waals surface area contributed by atoms with E-state index in [9.17, 15) is 9.59 Å². The average Bonchev–Trinajstić information content (AvgIpc) is 2.73. The van der Waals surface area contributed by atoms with Gasteiger partial charge in [0.25, 0.3) is 5.91 Å². The number of hydrogen-bond donors (Lipinski definition) is 3. The van der Waals surface area contributed by atoms with Crippen molar-refractivity contribution in [3.8, 4) is 0 Å². The molecule has 3 N–H and O–H groups in total. The standard InChI is InChI=1S/C25H37N5O3/c1-25(2,3)33-24(32)29-21-12-8-7-11-20(21)28-23(31)22-14-13-19(18-27-22)17-26-15-9-6-10-16-30(4)5/h7-8,11-14,18,26H,6,9-10,15-17H2,1-5H3,(H,28,31)(H,29,32). The van der Waals surface area contributed by atoms with Gasteiger partial charge >= 0.3 is 6.09 Å². The van der Waals surface area contributed by atoms with Crippen molar-refractivity contribution in [3.63, 3.8) is 0 Å². The van der Waals surface area contributed by atoms with E-state index in [0.717, 1.165) is 25.1 Å². The van der Waals surface area contributed by atoms with Crippen LogP contribution >= 0.6 is 0 Å². The van der Waals surface area contributed by atoms with Gasteiger partial charge in [0, 0.05) is 12.7 Å². The fraction of sp³-hybridized carbons (Fsp3) is 0.480. The zero-order chi connectivity index (χ0) is 24.3. The molecule has 1 heterocycles. The predicted molar refractivity (Wildman–Crippen MR) is 133 cm³/mol. The molecule has 0 saturated carbocycles. The van der Waals surface area contributed by atoms with Crippen molar-refractivity contribution < 1.29 is 14.3 Å². The largest absolute Gasteiger partial charge is 0.444 e. The van der Waals surface area contributed by atoms with Gasteiger partial charge in [0.15, 0.2) is 0 Å². The lowest BCUT2D eigenvalue weighted by Gasteiger charge is -2.20. The van der Waals surface area contributed by atoms with Gasteiger partial charge in [-0.05, 0) is 84.6 Å². The second kappa shape index (κ2) is 12.9. The third kappa shape index (κ3) is 10.5. The number of hydrogen-bond acceptors (Lipinski definition) is 6. The summed E-state index contributed by atoms with van der Waals surface area (Å²) in [5.74, 6) is -0.353. The van der Waals surface area contributed by atoms with Crippen LogP contribution in [0.15, 0.2) is 42.6 Å². The van der Waals surface area contributed by atoms with Crippen molar-refractivity contribution in [1.82, 2.24) is 15.2 Å². The van der Waals surface area contributed by atoms with E-state index in [1.54, 1.807) is 57.3 Å². The summed E-state index contributed by atoms with van der Waals surface area (Å²) >= 11 is 0. The van der Waals surface area contributed by atoms with Crippen LogP contribution in [-0.2, 0) is 11.3 Å². The molecule has 0 aliphatic carbocycles. The number of nitrogens with zero attached hydrogens (tertiary/aromatic N) is 2. The number of anilines is 2. The summed E-state index contributed by atoms with van der Waals surface area (Å²) in [6.07, 6.45) is 4.66. The number of amides is 2. The SMILES string of the molecule is CN(C)CCCCCNCc1ccc(C(=O)Nc2ccccc2NC(=O)OC(C)(C)C)nc1. The molecule has 180 valence electrons. The predicted octanol–water partition coefficient (Wildman–Crippen LogP) is 4.50. The van der Waals surface area contributed by atoms with Crippen molar-refractivity contribution in [3.05, 3.63) is 53.9 Å². The highest BCUT2D eigenvalue weighted by Crippen LogP contribution is 2.22. The van der Waals surface area contributed by atoms with Gasteiger partial charge in [-0.3, -0.25) is 15.1 Å².